The van der Waals surface area contributed by atoms with Crippen LogP contribution < -0.4 is 20.1 Å². The smallest absolute Gasteiger partial charge is 0.269 e. The number of methoxy groups -OCH3 is 2. The molecule has 0 saturated carbocycles. The van der Waals surface area contributed by atoms with Gasteiger partial charge in [-0.05, 0) is 37.1 Å². The molecule has 0 bridgehead atoms. The number of aliphatic imine (C=N–C) groups is 1. The molecular weight excluding hydrogens is 499 g/mol. The largest absolute Gasteiger partial charge is 0.497 e. The first-order valence-corrected chi connectivity index (χ1v) is 9.48. The summed E-state index contributed by atoms with van der Waals surface area (Å²) in [5.74, 6) is 2.17. The van der Waals surface area contributed by atoms with Gasteiger partial charge in [0, 0.05) is 24.2 Å². The summed E-state index contributed by atoms with van der Waals surface area (Å²) >= 11 is 0. The number of ether oxygens (including phenoxy) is 2. The van der Waals surface area contributed by atoms with Crippen molar-refractivity contribution in [1.29, 1.82) is 0 Å². The van der Waals surface area contributed by atoms with Gasteiger partial charge in [0.2, 0.25) is 0 Å². The molecule has 0 radical (unpaired) electrons. The molecule has 0 aliphatic rings. The van der Waals surface area contributed by atoms with Crippen molar-refractivity contribution in [1.82, 2.24) is 10.6 Å². The summed E-state index contributed by atoms with van der Waals surface area (Å²) < 4.78 is 10.8. The van der Waals surface area contributed by atoms with Crippen LogP contribution in [0.5, 0.6) is 11.5 Å². The first-order chi connectivity index (χ1) is 14.0. The number of non-ortho nitro benzene ring substituents is 1. The van der Waals surface area contributed by atoms with Gasteiger partial charge in [0.05, 0.1) is 31.7 Å². The molecule has 8 nitrogen and oxygen atoms in total. The second-order valence-electron chi connectivity index (χ2n) is 6.49. The molecule has 2 aromatic carbocycles. The summed E-state index contributed by atoms with van der Waals surface area (Å²) in [6, 6.07) is 12.0. The SMILES string of the molecule is CCCNC(=NCc1ccc([N+](=O)[O-])cc1)NC(C)c1cc(OC)ccc1OC.I. The zero-order valence-corrected chi connectivity index (χ0v) is 20.0. The van der Waals surface area contributed by atoms with Gasteiger partial charge in [0.25, 0.3) is 5.69 Å². The zero-order chi connectivity index (χ0) is 21.2. The van der Waals surface area contributed by atoms with Crippen molar-refractivity contribution in [2.45, 2.75) is 32.9 Å². The Morgan fingerprint density at radius 3 is 2.43 bits per heavy atom. The normalized spacial score (nSPS) is 11.8. The number of rotatable bonds is 9. The molecule has 0 amide bonds. The van der Waals surface area contributed by atoms with Crippen molar-refractivity contribution in [3.05, 3.63) is 63.7 Å². The van der Waals surface area contributed by atoms with E-state index < -0.39 is 4.92 Å². The molecule has 1 unspecified atom stereocenters. The van der Waals surface area contributed by atoms with E-state index in [0.717, 1.165) is 35.6 Å². The molecule has 164 valence electrons. The Kier molecular flexibility index (Phi) is 10.9. The van der Waals surface area contributed by atoms with Gasteiger partial charge in [-0.2, -0.15) is 0 Å². The van der Waals surface area contributed by atoms with Crippen LogP contribution in [0.15, 0.2) is 47.5 Å². The average Bonchev–Trinajstić information content (AvgIpc) is 2.75. The second-order valence-corrected chi connectivity index (χ2v) is 6.49. The van der Waals surface area contributed by atoms with Gasteiger partial charge in [-0.3, -0.25) is 10.1 Å². The van der Waals surface area contributed by atoms with Gasteiger partial charge in [-0.25, -0.2) is 4.99 Å². The summed E-state index contributed by atoms with van der Waals surface area (Å²) in [6.07, 6.45) is 0.953. The summed E-state index contributed by atoms with van der Waals surface area (Å²) in [7, 11) is 3.26. The Balaban J connectivity index is 0.00000450. The maximum absolute atomic E-state index is 10.8. The lowest BCUT2D eigenvalue weighted by Crippen LogP contribution is -2.39. The molecule has 0 spiro atoms. The highest BCUT2D eigenvalue weighted by molar-refractivity contribution is 14.0. The molecule has 9 heteroatoms. The third-order valence-corrected chi connectivity index (χ3v) is 4.37. The van der Waals surface area contributed by atoms with Crippen LogP contribution in [0.2, 0.25) is 0 Å². The molecular formula is C21H29IN4O4. The maximum Gasteiger partial charge on any atom is 0.269 e. The van der Waals surface area contributed by atoms with E-state index in [-0.39, 0.29) is 35.7 Å². The fourth-order valence-corrected chi connectivity index (χ4v) is 2.75. The first-order valence-electron chi connectivity index (χ1n) is 9.48. The Hall–Kier alpha value is -2.56. The fourth-order valence-electron chi connectivity index (χ4n) is 2.75. The Labute approximate surface area is 194 Å². The molecule has 1 atom stereocenters. The van der Waals surface area contributed by atoms with Crippen molar-refractivity contribution in [2.75, 3.05) is 20.8 Å². The van der Waals surface area contributed by atoms with Gasteiger partial charge in [-0.1, -0.05) is 19.1 Å². The molecule has 0 saturated heterocycles. The van der Waals surface area contributed by atoms with Crippen LogP contribution in [0.25, 0.3) is 0 Å². The molecule has 2 N–H and O–H groups in total. The van der Waals surface area contributed by atoms with Gasteiger partial charge in [0.15, 0.2) is 5.96 Å². The van der Waals surface area contributed by atoms with E-state index in [1.807, 2.05) is 25.1 Å². The molecule has 0 aliphatic carbocycles. The van der Waals surface area contributed by atoms with E-state index >= 15 is 0 Å². The number of nitrogens with one attached hydrogen (secondary N) is 2. The summed E-state index contributed by atoms with van der Waals surface area (Å²) in [4.78, 5) is 15.0. The van der Waals surface area contributed by atoms with E-state index in [2.05, 4.69) is 22.5 Å². The number of nitro groups is 1. The topological polar surface area (TPSA) is 98.0 Å². The number of guanidine groups is 1. The lowest BCUT2D eigenvalue weighted by Gasteiger charge is -2.21. The van der Waals surface area contributed by atoms with Crippen LogP contribution in [0.1, 0.15) is 37.4 Å². The monoisotopic (exact) mass is 528 g/mol. The number of benzene rings is 2. The summed E-state index contributed by atoms with van der Waals surface area (Å²) in [5, 5.41) is 17.5. The minimum absolute atomic E-state index is 0. The minimum atomic E-state index is -0.411. The third kappa shape index (κ3) is 7.36. The predicted octanol–water partition coefficient (Wildman–Crippen LogP) is 4.44. The second kappa shape index (κ2) is 12.9. The van der Waals surface area contributed by atoms with Crippen LogP contribution in [-0.2, 0) is 6.54 Å². The predicted molar refractivity (Wildman–Crippen MR) is 129 cm³/mol. The van der Waals surface area contributed by atoms with Crippen molar-refractivity contribution in [3.8, 4) is 11.5 Å². The highest BCUT2D eigenvalue weighted by atomic mass is 127. The third-order valence-electron chi connectivity index (χ3n) is 4.37. The molecule has 0 heterocycles. The van der Waals surface area contributed by atoms with E-state index in [4.69, 9.17) is 9.47 Å². The van der Waals surface area contributed by atoms with Crippen LogP contribution in [0.3, 0.4) is 0 Å². The molecule has 2 rings (SSSR count). The van der Waals surface area contributed by atoms with Crippen molar-refractivity contribution in [2.24, 2.45) is 4.99 Å². The molecule has 0 aliphatic heterocycles. The first kappa shape index (κ1) is 25.5. The fraction of sp³-hybridized carbons (Fsp3) is 0.381. The number of halogens is 1. The highest BCUT2D eigenvalue weighted by Crippen LogP contribution is 2.29. The lowest BCUT2D eigenvalue weighted by atomic mass is 10.1. The number of nitro benzene ring substituents is 1. The average molecular weight is 528 g/mol. The summed E-state index contributed by atoms with van der Waals surface area (Å²) in [5.41, 5.74) is 1.91. The minimum Gasteiger partial charge on any atom is -0.497 e. The standard InChI is InChI=1S/C21H28N4O4.HI/c1-5-12-22-21(23-14-16-6-8-17(9-7-16)25(26)27)24-15(2)19-13-18(28-3)10-11-20(19)29-4;/h6-11,13,15H,5,12,14H2,1-4H3,(H2,22,23,24);1H. The van der Waals surface area contributed by atoms with E-state index in [9.17, 15) is 10.1 Å². The number of hydrogen-bond donors (Lipinski definition) is 2. The van der Waals surface area contributed by atoms with E-state index in [0.29, 0.717) is 12.5 Å². The molecule has 0 fully saturated rings. The lowest BCUT2D eigenvalue weighted by molar-refractivity contribution is -0.384. The van der Waals surface area contributed by atoms with Crippen LogP contribution in [0.4, 0.5) is 5.69 Å². The Morgan fingerprint density at radius 2 is 1.87 bits per heavy atom. The van der Waals surface area contributed by atoms with Gasteiger partial charge >= 0.3 is 0 Å². The van der Waals surface area contributed by atoms with E-state index in [1.54, 1.807) is 26.4 Å². The van der Waals surface area contributed by atoms with Gasteiger partial charge in [0.1, 0.15) is 11.5 Å². The highest BCUT2D eigenvalue weighted by Gasteiger charge is 2.14. The number of hydrogen-bond acceptors (Lipinski definition) is 5. The van der Waals surface area contributed by atoms with Crippen molar-refractivity contribution < 1.29 is 14.4 Å². The zero-order valence-electron chi connectivity index (χ0n) is 17.7. The van der Waals surface area contributed by atoms with Gasteiger partial charge in [-0.15, -0.1) is 24.0 Å². The van der Waals surface area contributed by atoms with Gasteiger partial charge < -0.3 is 20.1 Å². The van der Waals surface area contributed by atoms with E-state index in [1.165, 1.54) is 12.1 Å². The van der Waals surface area contributed by atoms with Crippen molar-refractivity contribution >= 4 is 35.6 Å². The molecule has 2 aromatic rings. The Morgan fingerprint density at radius 1 is 1.17 bits per heavy atom. The van der Waals surface area contributed by atoms with Crippen LogP contribution >= 0.6 is 24.0 Å². The summed E-state index contributed by atoms with van der Waals surface area (Å²) in [6.45, 7) is 5.27. The van der Waals surface area contributed by atoms with Crippen molar-refractivity contribution in [3.63, 3.8) is 0 Å². The molecule has 30 heavy (non-hydrogen) atoms. The quantitative estimate of drug-likeness (QED) is 0.164. The Bertz CT molecular complexity index is 843. The van der Waals surface area contributed by atoms with Crippen LogP contribution in [0, 0.1) is 10.1 Å². The van der Waals surface area contributed by atoms with Crippen LogP contribution in [-0.4, -0.2) is 31.6 Å². The number of nitrogens with zero attached hydrogens (tertiary/aromatic N) is 2. The molecule has 0 aromatic heterocycles. The maximum atomic E-state index is 10.8.